The predicted octanol–water partition coefficient (Wildman–Crippen LogP) is 1.08. The van der Waals surface area contributed by atoms with Gasteiger partial charge < -0.3 is 21.1 Å². The molecule has 2 aromatic rings. The van der Waals surface area contributed by atoms with E-state index in [9.17, 15) is 9.59 Å². The summed E-state index contributed by atoms with van der Waals surface area (Å²) < 4.78 is 6.52. The van der Waals surface area contributed by atoms with Gasteiger partial charge >= 0.3 is 0 Å². The molecule has 0 aliphatic rings. The Morgan fingerprint density at radius 3 is 2.91 bits per heavy atom. The first-order valence-corrected chi connectivity index (χ1v) is 7.03. The third-order valence-corrected chi connectivity index (χ3v) is 3.07. The minimum atomic E-state index is -0.513. The Balaban J connectivity index is 1.91. The van der Waals surface area contributed by atoms with E-state index >= 15 is 0 Å². The fourth-order valence-electron chi connectivity index (χ4n) is 1.87. The number of carbonyl (C=O) groups is 2. The lowest BCUT2D eigenvalue weighted by atomic mass is 10.3. The molecule has 0 aliphatic carbocycles. The Kier molecular flexibility index (Phi) is 5.42. The minimum Gasteiger partial charge on any atom is -0.495 e. The van der Waals surface area contributed by atoms with Crippen LogP contribution in [0.1, 0.15) is 0 Å². The monoisotopic (exact) mass is 337 g/mol. The number of hydrogen-bond acceptors (Lipinski definition) is 5. The maximum absolute atomic E-state index is 11.9. The number of nitrogens with zero attached hydrogens (tertiary/aromatic N) is 2. The molecule has 0 saturated heterocycles. The molecule has 0 fully saturated rings. The van der Waals surface area contributed by atoms with E-state index in [-0.39, 0.29) is 19.0 Å². The zero-order valence-electron chi connectivity index (χ0n) is 12.4. The zero-order chi connectivity index (χ0) is 16.8. The molecule has 23 heavy (non-hydrogen) atoms. The standard InChI is InChI=1S/C14H16ClN5O3/c1-23-12-3-2-9(15)4-11(12)17-6-14(22)19-10-5-18-20(7-10)8-13(16)21/h2-5,7,17H,6,8H2,1H3,(H2,16,21)(H,19,22). The van der Waals surface area contributed by atoms with Crippen LogP contribution in [0.5, 0.6) is 5.75 Å². The van der Waals surface area contributed by atoms with Gasteiger partial charge in [0.1, 0.15) is 12.3 Å². The van der Waals surface area contributed by atoms with Crippen molar-refractivity contribution in [1.82, 2.24) is 9.78 Å². The number of halogens is 1. The van der Waals surface area contributed by atoms with Gasteiger partial charge in [-0.25, -0.2) is 0 Å². The normalized spacial score (nSPS) is 10.2. The number of benzene rings is 1. The molecule has 0 bridgehead atoms. The van der Waals surface area contributed by atoms with Gasteiger partial charge in [-0.1, -0.05) is 11.6 Å². The quantitative estimate of drug-likeness (QED) is 0.700. The number of aromatic nitrogens is 2. The highest BCUT2D eigenvalue weighted by molar-refractivity contribution is 6.30. The number of hydrogen-bond donors (Lipinski definition) is 3. The van der Waals surface area contributed by atoms with E-state index in [1.807, 2.05) is 0 Å². The third kappa shape index (κ3) is 4.89. The van der Waals surface area contributed by atoms with Crippen molar-refractivity contribution in [3.63, 3.8) is 0 Å². The number of carbonyl (C=O) groups excluding carboxylic acids is 2. The molecule has 0 aliphatic heterocycles. The number of methoxy groups -OCH3 is 1. The van der Waals surface area contributed by atoms with Crippen LogP contribution in [0.3, 0.4) is 0 Å². The molecule has 8 nitrogen and oxygen atoms in total. The van der Waals surface area contributed by atoms with Crippen molar-refractivity contribution in [3.05, 3.63) is 35.6 Å². The molecule has 4 N–H and O–H groups in total. The summed E-state index contributed by atoms with van der Waals surface area (Å²) in [4.78, 5) is 22.7. The van der Waals surface area contributed by atoms with Gasteiger partial charge in [0, 0.05) is 11.2 Å². The van der Waals surface area contributed by atoms with Gasteiger partial charge in [-0.15, -0.1) is 0 Å². The predicted molar refractivity (Wildman–Crippen MR) is 86.5 cm³/mol. The molecule has 2 rings (SSSR count). The van der Waals surface area contributed by atoms with Gasteiger partial charge in [0.15, 0.2) is 0 Å². The summed E-state index contributed by atoms with van der Waals surface area (Å²) in [5.41, 5.74) is 6.15. The van der Waals surface area contributed by atoms with Crippen molar-refractivity contribution in [2.45, 2.75) is 6.54 Å². The molecule has 1 aromatic carbocycles. The topological polar surface area (TPSA) is 111 Å². The summed E-state index contributed by atoms with van der Waals surface area (Å²) in [6, 6.07) is 5.06. The molecule has 0 saturated carbocycles. The first kappa shape index (κ1) is 16.6. The molecular weight excluding hydrogens is 322 g/mol. The highest BCUT2D eigenvalue weighted by Crippen LogP contribution is 2.27. The van der Waals surface area contributed by atoms with E-state index in [2.05, 4.69) is 15.7 Å². The summed E-state index contributed by atoms with van der Waals surface area (Å²) in [5, 5.41) is 10.0. The molecule has 2 amide bonds. The lowest BCUT2D eigenvalue weighted by Crippen LogP contribution is -2.22. The van der Waals surface area contributed by atoms with E-state index < -0.39 is 5.91 Å². The first-order chi connectivity index (χ1) is 11.0. The smallest absolute Gasteiger partial charge is 0.243 e. The molecule has 1 heterocycles. The number of anilines is 2. The maximum atomic E-state index is 11.9. The fourth-order valence-corrected chi connectivity index (χ4v) is 2.05. The number of nitrogens with two attached hydrogens (primary N) is 1. The summed E-state index contributed by atoms with van der Waals surface area (Å²) in [7, 11) is 1.53. The molecule has 1 aromatic heterocycles. The van der Waals surface area contributed by atoms with E-state index in [4.69, 9.17) is 22.1 Å². The Labute approximate surface area is 137 Å². The Hall–Kier alpha value is -2.74. The van der Waals surface area contributed by atoms with Gasteiger partial charge in [-0.05, 0) is 18.2 Å². The second-order valence-electron chi connectivity index (χ2n) is 4.64. The molecule has 0 spiro atoms. The second kappa shape index (κ2) is 7.50. The summed E-state index contributed by atoms with van der Waals surface area (Å²) in [6.07, 6.45) is 2.95. The summed E-state index contributed by atoms with van der Waals surface area (Å²) >= 11 is 5.92. The summed E-state index contributed by atoms with van der Waals surface area (Å²) in [5.74, 6) is -0.220. The second-order valence-corrected chi connectivity index (χ2v) is 5.08. The Morgan fingerprint density at radius 1 is 1.43 bits per heavy atom. The molecule has 0 atom stereocenters. The van der Waals surface area contributed by atoms with Gasteiger partial charge in [0.2, 0.25) is 11.8 Å². The maximum Gasteiger partial charge on any atom is 0.243 e. The summed E-state index contributed by atoms with van der Waals surface area (Å²) in [6.45, 7) is -0.0362. The fraction of sp³-hybridized carbons (Fsp3) is 0.214. The number of nitrogens with one attached hydrogen (secondary N) is 2. The van der Waals surface area contributed by atoms with E-state index in [1.54, 1.807) is 18.2 Å². The van der Waals surface area contributed by atoms with Gasteiger partial charge in [0.25, 0.3) is 0 Å². The number of primary amides is 1. The van der Waals surface area contributed by atoms with Gasteiger partial charge in [-0.3, -0.25) is 14.3 Å². The van der Waals surface area contributed by atoms with Crippen LogP contribution < -0.4 is 21.1 Å². The highest BCUT2D eigenvalue weighted by Gasteiger charge is 2.08. The number of rotatable bonds is 7. The van der Waals surface area contributed by atoms with Crippen molar-refractivity contribution < 1.29 is 14.3 Å². The van der Waals surface area contributed by atoms with Crippen LogP contribution in [-0.2, 0) is 16.1 Å². The van der Waals surface area contributed by atoms with Crippen LogP contribution in [0.15, 0.2) is 30.6 Å². The van der Waals surface area contributed by atoms with Crippen molar-refractivity contribution in [1.29, 1.82) is 0 Å². The van der Waals surface area contributed by atoms with Crippen molar-refractivity contribution in [2.75, 3.05) is 24.3 Å². The average molecular weight is 338 g/mol. The van der Waals surface area contributed by atoms with Crippen LogP contribution >= 0.6 is 11.6 Å². The number of amides is 2. The minimum absolute atomic E-state index is 0.0116. The largest absolute Gasteiger partial charge is 0.495 e. The highest BCUT2D eigenvalue weighted by atomic mass is 35.5. The Bertz CT molecular complexity index is 716. The van der Waals surface area contributed by atoms with Crippen LogP contribution in [0.2, 0.25) is 5.02 Å². The van der Waals surface area contributed by atoms with E-state index in [0.29, 0.717) is 22.1 Å². The van der Waals surface area contributed by atoms with Crippen LogP contribution in [-0.4, -0.2) is 35.2 Å². The van der Waals surface area contributed by atoms with Crippen LogP contribution in [0, 0.1) is 0 Å². The molecule has 9 heteroatoms. The zero-order valence-corrected chi connectivity index (χ0v) is 13.1. The molecular formula is C14H16ClN5O3. The Morgan fingerprint density at radius 2 is 2.22 bits per heavy atom. The molecule has 0 unspecified atom stereocenters. The molecule has 122 valence electrons. The van der Waals surface area contributed by atoms with Crippen molar-refractivity contribution >= 4 is 34.8 Å². The average Bonchev–Trinajstić information content (AvgIpc) is 2.91. The lowest BCUT2D eigenvalue weighted by molar-refractivity contribution is -0.118. The van der Waals surface area contributed by atoms with E-state index in [0.717, 1.165) is 0 Å². The molecule has 0 radical (unpaired) electrons. The van der Waals surface area contributed by atoms with Gasteiger partial charge in [-0.2, -0.15) is 5.10 Å². The SMILES string of the molecule is COc1ccc(Cl)cc1NCC(=O)Nc1cnn(CC(N)=O)c1. The number of ether oxygens (including phenoxy) is 1. The van der Waals surface area contributed by atoms with Crippen LogP contribution in [0.4, 0.5) is 11.4 Å². The third-order valence-electron chi connectivity index (χ3n) is 2.84. The first-order valence-electron chi connectivity index (χ1n) is 6.66. The van der Waals surface area contributed by atoms with Crippen LogP contribution in [0.25, 0.3) is 0 Å². The lowest BCUT2D eigenvalue weighted by Gasteiger charge is -2.11. The van der Waals surface area contributed by atoms with Crippen molar-refractivity contribution in [2.24, 2.45) is 5.73 Å². The van der Waals surface area contributed by atoms with Gasteiger partial charge in [0.05, 0.1) is 31.2 Å². The van der Waals surface area contributed by atoms with Crippen molar-refractivity contribution in [3.8, 4) is 5.75 Å². The van der Waals surface area contributed by atoms with E-state index in [1.165, 1.54) is 24.2 Å².